The number of rotatable bonds is 34. The summed E-state index contributed by atoms with van der Waals surface area (Å²) < 4.78 is 32.4. The summed E-state index contributed by atoms with van der Waals surface area (Å²) in [5.41, 5.74) is 0. The van der Waals surface area contributed by atoms with Crippen LogP contribution in [0.15, 0.2) is 12.2 Å². The topological polar surface area (TPSA) is 124 Å². The zero-order valence-electron chi connectivity index (χ0n) is 29.4. The van der Waals surface area contributed by atoms with E-state index in [0.29, 0.717) is 6.42 Å². The van der Waals surface area contributed by atoms with Gasteiger partial charge in [-0.05, 0) is 19.3 Å². The summed E-state index contributed by atoms with van der Waals surface area (Å²) in [4.78, 5) is 12.5. The van der Waals surface area contributed by atoms with Crippen LogP contribution in [0.3, 0.4) is 0 Å². The van der Waals surface area contributed by atoms with Gasteiger partial charge in [0.05, 0.1) is 17.9 Å². The molecule has 268 valence electrons. The molecule has 45 heavy (non-hydrogen) atoms. The lowest BCUT2D eigenvalue weighted by Gasteiger charge is -2.22. The summed E-state index contributed by atoms with van der Waals surface area (Å²) in [5, 5.41) is 23.3. The van der Waals surface area contributed by atoms with Crippen molar-refractivity contribution in [3.05, 3.63) is 12.2 Å². The summed E-state index contributed by atoms with van der Waals surface area (Å²) in [6.07, 6.45) is 34.0. The maximum absolute atomic E-state index is 12.5. The quantitative estimate of drug-likeness (QED) is 0.0310. The Kier molecular flexibility index (Phi) is 31.0. The van der Waals surface area contributed by atoms with Gasteiger partial charge >= 0.3 is 0 Å². The summed E-state index contributed by atoms with van der Waals surface area (Å²) in [6, 6.07) is -1.23. The molecule has 8 heteroatoms. The number of amides is 1. The molecule has 0 rings (SSSR count). The van der Waals surface area contributed by atoms with E-state index in [1.807, 2.05) is 0 Å². The van der Waals surface area contributed by atoms with Crippen LogP contribution in [0.1, 0.15) is 194 Å². The number of carbonyl (C=O) groups is 1. The summed E-state index contributed by atoms with van der Waals surface area (Å²) in [7, 11) is -4.43. The molecule has 0 bridgehead atoms. The van der Waals surface area contributed by atoms with Crippen molar-refractivity contribution in [2.24, 2.45) is 0 Å². The predicted molar refractivity (Wildman–Crippen MR) is 190 cm³/mol. The van der Waals surface area contributed by atoms with Crippen molar-refractivity contribution >= 4 is 16.0 Å². The van der Waals surface area contributed by atoms with Crippen molar-refractivity contribution in [2.75, 3.05) is 5.75 Å². The molecule has 0 saturated carbocycles. The number of aliphatic hydroxyl groups excluding tert-OH is 2. The maximum atomic E-state index is 12.5. The molecule has 0 aromatic rings. The van der Waals surface area contributed by atoms with E-state index < -0.39 is 40.0 Å². The molecule has 7 nitrogen and oxygen atoms in total. The lowest BCUT2D eigenvalue weighted by Crippen LogP contribution is -2.50. The Bertz CT molecular complexity index is 788. The average Bonchev–Trinajstić information content (AvgIpc) is 3.00. The van der Waals surface area contributed by atoms with Crippen LogP contribution < -0.4 is 5.32 Å². The van der Waals surface area contributed by atoms with Gasteiger partial charge in [0.1, 0.15) is 6.10 Å². The number of nitrogens with one attached hydrogen (secondary N) is 1. The Labute approximate surface area is 278 Å². The third-order valence-electron chi connectivity index (χ3n) is 8.82. The molecule has 0 saturated heterocycles. The van der Waals surface area contributed by atoms with Crippen molar-refractivity contribution in [3.8, 4) is 0 Å². The van der Waals surface area contributed by atoms with E-state index in [1.165, 1.54) is 134 Å². The standard InChI is InChI=1S/C37H73NO6S/c1-3-5-7-9-11-13-15-17-18-20-22-24-26-28-30-32-36(40)37(41)38-34(33-45(42,43)44)35(39)31-29-27-25-23-21-19-16-14-12-10-8-6-4-2/h29,31,34-36,39-40H,3-28,30,32-33H2,1-2H3,(H,38,41)(H,42,43,44)/b31-29+. The highest BCUT2D eigenvalue weighted by molar-refractivity contribution is 7.85. The average molecular weight is 660 g/mol. The van der Waals surface area contributed by atoms with Crippen LogP contribution in [0, 0.1) is 0 Å². The monoisotopic (exact) mass is 660 g/mol. The van der Waals surface area contributed by atoms with Crippen LogP contribution in [0.5, 0.6) is 0 Å². The van der Waals surface area contributed by atoms with E-state index in [0.717, 1.165) is 38.5 Å². The van der Waals surface area contributed by atoms with Crippen LogP contribution in [-0.2, 0) is 14.9 Å². The highest BCUT2D eigenvalue weighted by atomic mass is 32.2. The first kappa shape index (κ1) is 44.0. The second kappa shape index (κ2) is 31.6. The minimum Gasteiger partial charge on any atom is -0.387 e. The number of unbranched alkanes of at least 4 members (excludes halogenated alkanes) is 25. The zero-order chi connectivity index (χ0) is 33.4. The molecule has 0 aliphatic carbocycles. The molecule has 0 heterocycles. The highest BCUT2D eigenvalue weighted by Crippen LogP contribution is 2.15. The fourth-order valence-corrected chi connectivity index (χ4v) is 6.60. The second-order valence-corrected chi connectivity index (χ2v) is 14.9. The Hall–Kier alpha value is -0.960. The Morgan fingerprint density at radius 2 is 0.956 bits per heavy atom. The molecule has 0 fully saturated rings. The first-order valence-electron chi connectivity index (χ1n) is 19.0. The summed E-state index contributed by atoms with van der Waals surface area (Å²) in [5.74, 6) is -1.53. The van der Waals surface area contributed by atoms with E-state index in [9.17, 15) is 28.0 Å². The maximum Gasteiger partial charge on any atom is 0.267 e. The molecule has 1 amide bonds. The van der Waals surface area contributed by atoms with E-state index in [1.54, 1.807) is 6.08 Å². The van der Waals surface area contributed by atoms with Crippen LogP contribution in [0.4, 0.5) is 0 Å². The van der Waals surface area contributed by atoms with E-state index in [-0.39, 0.29) is 6.42 Å². The zero-order valence-corrected chi connectivity index (χ0v) is 30.2. The van der Waals surface area contributed by atoms with E-state index in [4.69, 9.17) is 0 Å². The molecule has 3 atom stereocenters. The van der Waals surface area contributed by atoms with Gasteiger partial charge in [0, 0.05) is 0 Å². The molecule has 3 unspecified atom stereocenters. The van der Waals surface area contributed by atoms with Gasteiger partial charge in [-0.2, -0.15) is 8.42 Å². The molecule has 0 aliphatic heterocycles. The Morgan fingerprint density at radius 1 is 0.600 bits per heavy atom. The van der Waals surface area contributed by atoms with Crippen molar-refractivity contribution in [1.29, 1.82) is 0 Å². The van der Waals surface area contributed by atoms with Crippen molar-refractivity contribution in [1.82, 2.24) is 5.32 Å². The molecule has 0 aliphatic rings. The largest absolute Gasteiger partial charge is 0.387 e. The van der Waals surface area contributed by atoms with Gasteiger partial charge in [0.2, 0.25) is 5.91 Å². The molecular formula is C37H73NO6S. The first-order valence-corrected chi connectivity index (χ1v) is 20.6. The molecule has 4 N–H and O–H groups in total. The molecule has 0 aromatic carbocycles. The van der Waals surface area contributed by atoms with Crippen LogP contribution in [0.25, 0.3) is 0 Å². The summed E-state index contributed by atoms with van der Waals surface area (Å²) >= 11 is 0. The first-order chi connectivity index (χ1) is 21.7. The number of carbonyl (C=O) groups excluding carboxylic acids is 1. The van der Waals surface area contributed by atoms with Gasteiger partial charge in [-0.15, -0.1) is 0 Å². The van der Waals surface area contributed by atoms with Crippen molar-refractivity contribution in [3.63, 3.8) is 0 Å². The Morgan fingerprint density at radius 3 is 1.33 bits per heavy atom. The minimum atomic E-state index is -4.43. The molecule has 0 aromatic heterocycles. The highest BCUT2D eigenvalue weighted by Gasteiger charge is 2.27. The molecule has 0 spiro atoms. The van der Waals surface area contributed by atoms with Gasteiger partial charge in [-0.1, -0.05) is 187 Å². The van der Waals surface area contributed by atoms with E-state index in [2.05, 4.69) is 19.2 Å². The van der Waals surface area contributed by atoms with Gasteiger partial charge in [-0.3, -0.25) is 9.35 Å². The smallest absolute Gasteiger partial charge is 0.267 e. The third-order valence-corrected chi connectivity index (χ3v) is 9.60. The van der Waals surface area contributed by atoms with Crippen LogP contribution >= 0.6 is 0 Å². The predicted octanol–water partition coefficient (Wildman–Crippen LogP) is 9.60. The summed E-state index contributed by atoms with van der Waals surface area (Å²) in [6.45, 7) is 4.49. The van der Waals surface area contributed by atoms with E-state index >= 15 is 0 Å². The van der Waals surface area contributed by atoms with Gasteiger partial charge in [0.25, 0.3) is 10.1 Å². The fourth-order valence-electron chi connectivity index (χ4n) is 5.87. The van der Waals surface area contributed by atoms with Crippen LogP contribution in [0.2, 0.25) is 0 Å². The lowest BCUT2D eigenvalue weighted by molar-refractivity contribution is -0.130. The van der Waals surface area contributed by atoms with Gasteiger partial charge < -0.3 is 15.5 Å². The SMILES string of the molecule is CCCCCCCCCCCCC/C=C/C(O)C(CS(=O)(=O)O)NC(=O)C(O)CCCCCCCCCCCCCCCCC. The molecule has 0 radical (unpaired) electrons. The number of allylic oxidation sites excluding steroid dienone is 1. The lowest BCUT2D eigenvalue weighted by atomic mass is 10.0. The number of hydrogen-bond donors (Lipinski definition) is 4. The molecular weight excluding hydrogens is 586 g/mol. The second-order valence-electron chi connectivity index (χ2n) is 13.4. The van der Waals surface area contributed by atoms with Crippen molar-refractivity contribution < 1.29 is 28.0 Å². The Balaban J connectivity index is 4.07. The number of hydrogen-bond acceptors (Lipinski definition) is 5. The normalized spacial score (nSPS) is 14.2. The fraction of sp³-hybridized carbons (Fsp3) is 0.919. The third kappa shape index (κ3) is 31.4. The number of aliphatic hydroxyl groups is 2. The van der Waals surface area contributed by atoms with Gasteiger partial charge in [0.15, 0.2) is 0 Å². The van der Waals surface area contributed by atoms with Gasteiger partial charge in [-0.25, -0.2) is 0 Å². The van der Waals surface area contributed by atoms with Crippen molar-refractivity contribution in [2.45, 2.75) is 212 Å². The minimum absolute atomic E-state index is 0.285. The van der Waals surface area contributed by atoms with Crippen LogP contribution in [-0.4, -0.2) is 53.1 Å².